The number of rotatable bonds is 12. The minimum atomic E-state index is -1.49. The van der Waals surface area contributed by atoms with Crippen LogP contribution in [-0.4, -0.2) is 77.2 Å². The third kappa shape index (κ3) is 9.91. The molecule has 0 aliphatic carbocycles. The van der Waals surface area contributed by atoms with Gasteiger partial charge in [-0.3, -0.25) is 15.6 Å². The SMILES string of the molecule is CC(O)[C@H](NC(=O)N[C@H](CNNC[C@@H](N)CO)CC(N)=O)C(=O)O. The highest BCUT2D eigenvalue weighted by atomic mass is 16.4. The van der Waals surface area contributed by atoms with E-state index >= 15 is 0 Å². The van der Waals surface area contributed by atoms with Crippen LogP contribution in [0.5, 0.6) is 0 Å². The minimum absolute atomic E-state index is 0.0843. The Hall–Kier alpha value is -1.99. The Kier molecular flexibility index (Phi) is 10.6. The first-order valence-electron chi connectivity index (χ1n) is 7.25. The molecule has 4 atom stereocenters. The van der Waals surface area contributed by atoms with Gasteiger partial charge in [0.05, 0.1) is 18.8 Å². The minimum Gasteiger partial charge on any atom is -0.480 e. The van der Waals surface area contributed by atoms with Gasteiger partial charge in [-0.25, -0.2) is 9.59 Å². The number of primary amides is 1. The highest BCUT2D eigenvalue weighted by Crippen LogP contribution is 1.95. The van der Waals surface area contributed by atoms with Crippen LogP contribution in [0.3, 0.4) is 0 Å². The lowest BCUT2D eigenvalue weighted by atomic mass is 10.2. The highest BCUT2D eigenvalue weighted by molar-refractivity contribution is 5.83. The Morgan fingerprint density at radius 2 is 1.71 bits per heavy atom. The lowest BCUT2D eigenvalue weighted by molar-refractivity contribution is -0.141. The van der Waals surface area contributed by atoms with Crippen LogP contribution in [0, 0.1) is 0 Å². The number of carbonyl (C=O) groups is 3. The number of aliphatic carboxylic acids is 1. The van der Waals surface area contributed by atoms with Gasteiger partial charge in [0.15, 0.2) is 6.04 Å². The van der Waals surface area contributed by atoms with Crippen LogP contribution in [0.15, 0.2) is 0 Å². The van der Waals surface area contributed by atoms with Crippen LogP contribution in [0.25, 0.3) is 0 Å². The zero-order valence-electron chi connectivity index (χ0n) is 13.4. The summed E-state index contributed by atoms with van der Waals surface area (Å²) in [5.41, 5.74) is 16.0. The van der Waals surface area contributed by atoms with E-state index < -0.39 is 42.1 Å². The van der Waals surface area contributed by atoms with Crippen molar-refractivity contribution < 1.29 is 29.7 Å². The van der Waals surface area contributed by atoms with Gasteiger partial charge in [0.25, 0.3) is 0 Å². The van der Waals surface area contributed by atoms with E-state index in [1.54, 1.807) is 0 Å². The number of aliphatic hydroxyl groups excluding tert-OH is 2. The number of carbonyl (C=O) groups excluding carboxylic acids is 2. The fourth-order valence-electron chi connectivity index (χ4n) is 1.64. The van der Waals surface area contributed by atoms with Crippen molar-refractivity contribution in [3.05, 3.63) is 0 Å². The molecule has 0 rings (SSSR count). The molecular formula is C12H26N6O6. The standard InChI is InChI=1S/C12H26N6O6/c1-6(20)10(11(22)23)18-12(24)17-8(2-9(14)21)4-16-15-3-7(13)5-19/h6-8,10,15-16,19-20H,2-5,13H2,1H3,(H2,14,21)(H,22,23)(H2,17,18,24)/t6?,7-,8+,10+/m1/s1. The number of nitrogens with two attached hydrogens (primary N) is 2. The molecule has 0 bridgehead atoms. The highest BCUT2D eigenvalue weighted by Gasteiger charge is 2.26. The van der Waals surface area contributed by atoms with Crippen LogP contribution in [0.2, 0.25) is 0 Å². The molecular weight excluding hydrogens is 324 g/mol. The van der Waals surface area contributed by atoms with Crippen molar-refractivity contribution in [3.63, 3.8) is 0 Å². The first-order valence-corrected chi connectivity index (χ1v) is 7.25. The molecule has 3 amide bonds. The normalized spacial score (nSPS) is 15.8. The first-order chi connectivity index (χ1) is 11.2. The van der Waals surface area contributed by atoms with E-state index in [1.165, 1.54) is 6.92 Å². The van der Waals surface area contributed by atoms with E-state index in [4.69, 9.17) is 21.7 Å². The van der Waals surface area contributed by atoms with Crippen molar-refractivity contribution in [3.8, 4) is 0 Å². The van der Waals surface area contributed by atoms with Crippen molar-refractivity contribution in [2.75, 3.05) is 19.7 Å². The predicted octanol–water partition coefficient (Wildman–Crippen LogP) is -4.22. The number of hydrogen-bond donors (Lipinski definition) is 9. The number of hydrazine groups is 1. The maximum atomic E-state index is 11.8. The molecule has 24 heavy (non-hydrogen) atoms. The number of urea groups is 1. The van der Waals surface area contributed by atoms with Crippen molar-refractivity contribution in [2.24, 2.45) is 11.5 Å². The van der Waals surface area contributed by atoms with Gasteiger partial charge in [0.1, 0.15) is 0 Å². The van der Waals surface area contributed by atoms with Crippen molar-refractivity contribution >= 4 is 17.9 Å². The van der Waals surface area contributed by atoms with Crippen molar-refractivity contribution in [1.82, 2.24) is 21.5 Å². The number of aliphatic hydroxyl groups is 2. The fraction of sp³-hybridized carbons (Fsp3) is 0.750. The summed E-state index contributed by atoms with van der Waals surface area (Å²) in [6.45, 7) is 1.34. The summed E-state index contributed by atoms with van der Waals surface area (Å²) >= 11 is 0. The van der Waals surface area contributed by atoms with Crippen LogP contribution < -0.4 is 33.0 Å². The average Bonchev–Trinajstić information content (AvgIpc) is 2.47. The second kappa shape index (κ2) is 11.5. The molecule has 0 spiro atoms. The molecule has 0 aliphatic heterocycles. The molecule has 0 saturated carbocycles. The number of nitrogens with one attached hydrogen (secondary N) is 4. The van der Waals surface area contributed by atoms with E-state index in [9.17, 15) is 19.5 Å². The van der Waals surface area contributed by atoms with E-state index in [-0.39, 0.29) is 26.1 Å². The molecule has 12 heteroatoms. The summed E-state index contributed by atoms with van der Waals surface area (Å²) in [5.74, 6) is -2.07. The Bertz CT molecular complexity index is 421. The van der Waals surface area contributed by atoms with Gasteiger partial charge in [0, 0.05) is 25.6 Å². The topological polar surface area (TPSA) is 212 Å². The molecule has 1 unspecified atom stereocenters. The Morgan fingerprint density at radius 1 is 1.12 bits per heavy atom. The molecule has 12 nitrogen and oxygen atoms in total. The van der Waals surface area contributed by atoms with Crippen molar-refractivity contribution in [2.45, 2.75) is 37.6 Å². The van der Waals surface area contributed by atoms with Gasteiger partial charge in [0.2, 0.25) is 5.91 Å². The largest absolute Gasteiger partial charge is 0.480 e. The zero-order chi connectivity index (χ0) is 18.7. The third-order valence-electron chi connectivity index (χ3n) is 2.89. The molecule has 0 aromatic carbocycles. The molecule has 0 saturated heterocycles. The molecule has 0 radical (unpaired) electrons. The number of hydrogen-bond acceptors (Lipinski definition) is 8. The second-order valence-corrected chi connectivity index (χ2v) is 5.25. The zero-order valence-corrected chi connectivity index (χ0v) is 13.4. The summed E-state index contributed by atoms with van der Waals surface area (Å²) in [4.78, 5) is 33.7. The number of carboxylic acids is 1. The maximum absolute atomic E-state index is 11.8. The summed E-state index contributed by atoms with van der Waals surface area (Å²) in [6, 6.07) is -3.58. The molecule has 0 aromatic rings. The summed E-state index contributed by atoms with van der Waals surface area (Å²) in [6.07, 6.45) is -1.50. The fourth-order valence-corrected chi connectivity index (χ4v) is 1.64. The second-order valence-electron chi connectivity index (χ2n) is 5.25. The van der Waals surface area contributed by atoms with Crippen LogP contribution in [0.1, 0.15) is 13.3 Å². The van der Waals surface area contributed by atoms with Crippen LogP contribution >= 0.6 is 0 Å². The van der Waals surface area contributed by atoms with Gasteiger partial charge in [-0.15, -0.1) is 0 Å². The van der Waals surface area contributed by atoms with Gasteiger partial charge < -0.3 is 37.4 Å². The van der Waals surface area contributed by atoms with Gasteiger partial charge in [-0.2, -0.15) is 0 Å². The van der Waals surface area contributed by atoms with Gasteiger partial charge >= 0.3 is 12.0 Å². The first kappa shape index (κ1) is 22.0. The van der Waals surface area contributed by atoms with E-state index in [1.807, 2.05) is 0 Å². The predicted molar refractivity (Wildman–Crippen MR) is 83.4 cm³/mol. The van der Waals surface area contributed by atoms with E-state index in [0.29, 0.717) is 0 Å². The summed E-state index contributed by atoms with van der Waals surface area (Å²) < 4.78 is 0. The number of amides is 3. The Balaban J connectivity index is 4.46. The smallest absolute Gasteiger partial charge is 0.328 e. The maximum Gasteiger partial charge on any atom is 0.328 e. The summed E-state index contributed by atoms with van der Waals surface area (Å²) in [7, 11) is 0. The average molecular weight is 350 g/mol. The third-order valence-corrected chi connectivity index (χ3v) is 2.89. The molecule has 0 aromatic heterocycles. The van der Waals surface area contributed by atoms with Crippen molar-refractivity contribution in [1.29, 1.82) is 0 Å². The van der Waals surface area contributed by atoms with Gasteiger partial charge in [-0.05, 0) is 6.92 Å². The van der Waals surface area contributed by atoms with E-state index in [2.05, 4.69) is 21.5 Å². The van der Waals surface area contributed by atoms with E-state index in [0.717, 1.165) is 0 Å². The number of carboxylic acid groups (broad SMARTS) is 1. The Labute approximate surface area is 138 Å². The molecule has 0 heterocycles. The monoisotopic (exact) mass is 350 g/mol. The van der Waals surface area contributed by atoms with Crippen LogP contribution in [0.4, 0.5) is 4.79 Å². The molecule has 140 valence electrons. The van der Waals surface area contributed by atoms with Crippen LogP contribution in [-0.2, 0) is 9.59 Å². The molecule has 0 aliphatic rings. The Morgan fingerprint density at radius 3 is 2.17 bits per heavy atom. The molecule has 11 N–H and O–H groups in total. The molecule has 0 fully saturated rings. The summed E-state index contributed by atoms with van der Waals surface area (Å²) in [5, 5.41) is 31.4. The quantitative estimate of drug-likeness (QED) is 0.123. The lowest BCUT2D eigenvalue weighted by Crippen LogP contribution is -2.56. The lowest BCUT2D eigenvalue weighted by Gasteiger charge is -2.22. The van der Waals surface area contributed by atoms with Gasteiger partial charge in [-0.1, -0.05) is 0 Å².